The highest BCUT2D eigenvalue weighted by atomic mass is 32.2. The van der Waals surface area contributed by atoms with E-state index in [0.717, 1.165) is 36.7 Å². The number of ether oxygens (including phenoxy) is 1. The molecule has 3 rings (SSSR count). The van der Waals surface area contributed by atoms with Crippen molar-refractivity contribution >= 4 is 27.3 Å². The minimum absolute atomic E-state index is 0.00983. The summed E-state index contributed by atoms with van der Waals surface area (Å²) in [7, 11) is -4.16. The Morgan fingerprint density at radius 3 is 2.39 bits per heavy atom. The Balaban J connectivity index is 2.08. The van der Waals surface area contributed by atoms with Crippen LogP contribution in [0.4, 0.5) is 13.2 Å². The van der Waals surface area contributed by atoms with Gasteiger partial charge in [0.1, 0.15) is 5.75 Å². The number of hydrogen-bond donors (Lipinski definition) is 3. The molecule has 1 saturated carbocycles. The molecule has 1 aliphatic carbocycles. The molecule has 1 aromatic heterocycles. The van der Waals surface area contributed by atoms with Gasteiger partial charge >= 0.3 is 6.36 Å². The van der Waals surface area contributed by atoms with Gasteiger partial charge < -0.3 is 15.2 Å². The van der Waals surface area contributed by atoms with Crippen molar-refractivity contribution in [3.63, 3.8) is 0 Å². The van der Waals surface area contributed by atoms with Gasteiger partial charge in [-0.25, -0.2) is 18.1 Å². The molecule has 0 saturated heterocycles. The molecule has 1 heterocycles. The van der Waals surface area contributed by atoms with Crippen LogP contribution >= 0.6 is 11.3 Å². The summed E-state index contributed by atoms with van der Waals surface area (Å²) in [6, 6.07) is 3.32. The third kappa shape index (κ3) is 8.14. The number of aromatic nitrogens is 1. The molecule has 0 bridgehead atoms. The zero-order valence-corrected chi connectivity index (χ0v) is 23.7. The van der Waals surface area contributed by atoms with E-state index in [4.69, 9.17) is 0 Å². The smallest absolute Gasteiger partial charge is 0.405 e. The minimum atomic E-state index is -5.08. The number of alkyl halides is 3. The summed E-state index contributed by atoms with van der Waals surface area (Å²) in [5.41, 5.74) is -1.55. The van der Waals surface area contributed by atoms with Crippen LogP contribution in [0.1, 0.15) is 75.8 Å². The van der Waals surface area contributed by atoms with Crippen molar-refractivity contribution in [2.24, 2.45) is 5.92 Å². The normalized spacial score (nSPS) is 15.3. The predicted molar refractivity (Wildman–Crippen MR) is 139 cm³/mol. The van der Waals surface area contributed by atoms with E-state index in [0.29, 0.717) is 23.4 Å². The Bertz CT molecular complexity index is 1260. The number of benzene rings is 1. The second kappa shape index (κ2) is 11.1. The van der Waals surface area contributed by atoms with Gasteiger partial charge in [0.15, 0.2) is 5.01 Å². The highest BCUT2D eigenvalue weighted by molar-refractivity contribution is 7.89. The number of rotatable bonds is 11. The minimum Gasteiger partial charge on any atom is -0.405 e. The zero-order valence-electron chi connectivity index (χ0n) is 22.0. The summed E-state index contributed by atoms with van der Waals surface area (Å²) in [4.78, 5) is 17.1. The van der Waals surface area contributed by atoms with Gasteiger partial charge in [0, 0.05) is 23.7 Å². The second-order valence-corrected chi connectivity index (χ2v) is 13.5. The topological polar surface area (TPSA) is 118 Å². The lowest BCUT2D eigenvalue weighted by atomic mass is 9.82. The Hall–Kier alpha value is -2.22. The molecule has 8 nitrogen and oxygen atoms in total. The van der Waals surface area contributed by atoms with Crippen LogP contribution in [0.5, 0.6) is 5.75 Å². The Morgan fingerprint density at radius 1 is 1.21 bits per heavy atom. The molecule has 1 fully saturated rings. The van der Waals surface area contributed by atoms with E-state index in [9.17, 15) is 31.5 Å². The fourth-order valence-corrected chi connectivity index (χ4v) is 6.24. The maximum atomic E-state index is 13.4. The van der Waals surface area contributed by atoms with Crippen molar-refractivity contribution in [1.29, 1.82) is 0 Å². The van der Waals surface area contributed by atoms with Crippen molar-refractivity contribution in [2.75, 3.05) is 6.54 Å². The van der Waals surface area contributed by atoms with Crippen LogP contribution in [0, 0.1) is 5.92 Å². The quantitative estimate of drug-likeness (QED) is 0.345. The van der Waals surface area contributed by atoms with Gasteiger partial charge in [0.2, 0.25) is 10.0 Å². The first-order valence-electron chi connectivity index (χ1n) is 12.3. The number of carbonyl (C=O) groups excluding carboxylic acids is 1. The fraction of sp³-hybridized carbons (Fsp3) is 0.600. The van der Waals surface area contributed by atoms with Gasteiger partial charge in [-0.1, -0.05) is 26.2 Å². The first kappa shape index (κ1) is 30.3. The summed E-state index contributed by atoms with van der Waals surface area (Å²) in [5, 5.41) is 12.5. The van der Waals surface area contributed by atoms with Crippen LogP contribution < -0.4 is 14.8 Å². The summed E-state index contributed by atoms with van der Waals surface area (Å²) in [6.45, 7) is 8.12. The number of amides is 1. The molecule has 3 N–H and O–H groups in total. The first-order chi connectivity index (χ1) is 17.4. The fourth-order valence-electron chi connectivity index (χ4n) is 3.70. The van der Waals surface area contributed by atoms with Gasteiger partial charge in [-0.15, -0.1) is 24.5 Å². The largest absolute Gasteiger partial charge is 0.573 e. The third-order valence-electron chi connectivity index (χ3n) is 6.31. The lowest BCUT2D eigenvalue weighted by Gasteiger charge is -2.25. The van der Waals surface area contributed by atoms with Crippen LogP contribution in [0.2, 0.25) is 0 Å². The number of aliphatic hydroxyl groups is 1. The van der Waals surface area contributed by atoms with Crippen LogP contribution in [0.3, 0.4) is 0 Å². The number of halogens is 3. The zero-order chi connectivity index (χ0) is 28.5. The molecular formula is C25H34F3N3O5S2. The molecule has 38 heavy (non-hydrogen) atoms. The van der Waals surface area contributed by atoms with Crippen molar-refractivity contribution in [3.8, 4) is 16.2 Å². The molecule has 1 aromatic carbocycles. The maximum Gasteiger partial charge on any atom is 0.573 e. The molecule has 0 spiro atoms. The SMILES string of the molecule is CCC(C)(C)NS(=O)(=O)c1ccc(-c2sc(C(=O)NCC(C)(C)O)nc2CC2CCC2)c(OC(F)(F)F)c1. The van der Waals surface area contributed by atoms with Gasteiger partial charge in [0.25, 0.3) is 5.91 Å². The summed E-state index contributed by atoms with van der Waals surface area (Å²) < 4.78 is 73.0. The van der Waals surface area contributed by atoms with Gasteiger partial charge in [-0.05, 0) is 58.6 Å². The van der Waals surface area contributed by atoms with Crippen LogP contribution in [0.15, 0.2) is 23.1 Å². The molecule has 0 radical (unpaired) electrons. The lowest BCUT2D eigenvalue weighted by molar-refractivity contribution is -0.274. The summed E-state index contributed by atoms with van der Waals surface area (Å²) >= 11 is 0.898. The van der Waals surface area contributed by atoms with Crippen molar-refractivity contribution in [3.05, 3.63) is 28.9 Å². The first-order valence-corrected chi connectivity index (χ1v) is 14.6. The number of nitrogens with zero attached hydrogens (tertiary/aromatic N) is 1. The van der Waals surface area contributed by atoms with Crippen molar-refractivity contribution < 1.29 is 36.2 Å². The average Bonchev–Trinajstić information content (AvgIpc) is 3.16. The predicted octanol–water partition coefficient (Wildman–Crippen LogP) is 5.02. The number of carbonyl (C=O) groups is 1. The van der Waals surface area contributed by atoms with Crippen molar-refractivity contribution in [2.45, 2.75) is 89.1 Å². The summed E-state index contributed by atoms with van der Waals surface area (Å²) in [6.07, 6.45) is -1.24. The average molecular weight is 578 g/mol. The maximum absolute atomic E-state index is 13.4. The van der Waals surface area contributed by atoms with Gasteiger partial charge in [0.05, 0.1) is 21.1 Å². The molecule has 0 atom stereocenters. The second-order valence-electron chi connectivity index (χ2n) is 10.8. The van der Waals surface area contributed by atoms with Crippen LogP contribution in [-0.2, 0) is 16.4 Å². The van der Waals surface area contributed by atoms with E-state index in [1.54, 1.807) is 20.8 Å². The molecule has 2 aromatic rings. The van der Waals surface area contributed by atoms with Crippen LogP contribution in [-0.4, -0.2) is 48.5 Å². The Labute approximate surface area is 225 Å². The molecule has 0 aliphatic heterocycles. The Morgan fingerprint density at radius 2 is 1.87 bits per heavy atom. The number of sulfonamides is 1. The van der Waals surface area contributed by atoms with E-state index in [1.807, 2.05) is 0 Å². The molecule has 1 amide bonds. The van der Waals surface area contributed by atoms with E-state index in [2.05, 4.69) is 19.8 Å². The van der Waals surface area contributed by atoms with Crippen molar-refractivity contribution in [1.82, 2.24) is 15.0 Å². The lowest BCUT2D eigenvalue weighted by Crippen LogP contribution is -2.42. The Kier molecular flexibility index (Phi) is 8.86. The number of hydrogen-bond acceptors (Lipinski definition) is 7. The van der Waals surface area contributed by atoms with E-state index in [1.165, 1.54) is 26.0 Å². The third-order valence-corrected chi connectivity index (χ3v) is 9.13. The number of thiazole rings is 1. The van der Waals surface area contributed by atoms with Gasteiger partial charge in [-0.2, -0.15) is 0 Å². The molecule has 1 aliphatic rings. The summed E-state index contributed by atoms with van der Waals surface area (Å²) in [5.74, 6) is -0.978. The molecule has 212 valence electrons. The monoisotopic (exact) mass is 577 g/mol. The molecule has 0 unspecified atom stereocenters. The van der Waals surface area contributed by atoms with E-state index < -0.39 is 39.2 Å². The standard InChI is InChI=1S/C25H34F3N3O5S2/c1-6-23(2,3)31-38(34,35)16-10-11-17(19(13-16)36-25(26,27)28)20-18(12-15-8-7-9-15)30-22(37-20)21(32)29-14-24(4,5)33/h10-11,13,15,31,33H,6-9,12,14H2,1-5H3,(H,29,32). The van der Waals surface area contributed by atoms with E-state index in [-0.39, 0.29) is 27.9 Å². The highest BCUT2D eigenvalue weighted by Gasteiger charge is 2.35. The highest BCUT2D eigenvalue weighted by Crippen LogP contribution is 2.42. The molecule has 13 heteroatoms. The number of nitrogens with one attached hydrogen (secondary N) is 2. The van der Waals surface area contributed by atoms with Crippen LogP contribution in [0.25, 0.3) is 10.4 Å². The van der Waals surface area contributed by atoms with E-state index >= 15 is 0 Å². The van der Waals surface area contributed by atoms with Gasteiger partial charge in [-0.3, -0.25) is 4.79 Å². The molecular weight excluding hydrogens is 543 g/mol.